The van der Waals surface area contributed by atoms with Crippen molar-refractivity contribution >= 4 is 44.8 Å². The molecule has 1 heterocycles. The second-order valence-electron chi connectivity index (χ2n) is 6.66. The maximum atomic E-state index is 12.4. The Bertz CT molecular complexity index is 1070. The lowest BCUT2D eigenvalue weighted by Crippen LogP contribution is -2.30. The van der Waals surface area contributed by atoms with E-state index >= 15 is 0 Å². The van der Waals surface area contributed by atoms with Crippen molar-refractivity contribution in [2.45, 2.75) is 26.2 Å². The van der Waals surface area contributed by atoms with Crippen LogP contribution in [-0.4, -0.2) is 20.8 Å². The molecule has 3 aromatic rings. The normalized spacial score (nSPS) is 10.4. The fraction of sp³-hybridized carbons (Fsp3) is 0.190. The van der Waals surface area contributed by atoms with Crippen molar-refractivity contribution in [2.24, 2.45) is 0 Å². The average Bonchev–Trinajstić information content (AvgIpc) is 2.77. The molecule has 3 N–H and O–H groups in total. The van der Waals surface area contributed by atoms with E-state index in [0.29, 0.717) is 15.7 Å². The Morgan fingerprint density at radius 1 is 1.10 bits per heavy atom. The van der Waals surface area contributed by atoms with E-state index < -0.39 is 10.8 Å². The van der Waals surface area contributed by atoms with Crippen molar-refractivity contribution in [1.82, 2.24) is 15.4 Å². The molecule has 0 saturated carbocycles. The Morgan fingerprint density at radius 2 is 1.81 bits per heavy atom. The second-order valence-corrected chi connectivity index (χ2v) is 7.52. The number of carbonyl (C=O) groups is 1. The molecule has 0 aliphatic heterocycles. The van der Waals surface area contributed by atoms with Crippen LogP contribution in [0.4, 0.5) is 23.0 Å². The molecular formula is C21H21BrN6O3. The molecule has 0 unspecified atom stereocenters. The zero-order chi connectivity index (χ0) is 22.2. The summed E-state index contributed by atoms with van der Waals surface area (Å²) in [6.07, 6.45) is 4.37. The molecule has 0 aliphatic rings. The molecule has 1 aromatic heterocycles. The number of aryl methyl sites for hydroxylation is 1. The topological polar surface area (TPSA) is 122 Å². The SMILES string of the molecule is CCCCc1ccc(Nc2ncnc(NNC(=O)c3ccccc3Br)c2[N+](=O)[O-])cc1. The van der Waals surface area contributed by atoms with Crippen LogP contribution in [0.25, 0.3) is 0 Å². The highest BCUT2D eigenvalue weighted by molar-refractivity contribution is 9.10. The van der Waals surface area contributed by atoms with Gasteiger partial charge in [0, 0.05) is 10.2 Å². The lowest BCUT2D eigenvalue weighted by molar-refractivity contribution is -0.383. The van der Waals surface area contributed by atoms with Crippen LogP contribution < -0.4 is 16.2 Å². The summed E-state index contributed by atoms with van der Waals surface area (Å²) in [5.41, 5.74) is 6.79. The Labute approximate surface area is 187 Å². The molecule has 1 amide bonds. The van der Waals surface area contributed by atoms with Gasteiger partial charge in [-0.2, -0.15) is 0 Å². The summed E-state index contributed by atoms with van der Waals surface area (Å²) in [7, 11) is 0. The smallest absolute Gasteiger partial charge is 0.334 e. The predicted molar refractivity (Wildman–Crippen MR) is 122 cm³/mol. The van der Waals surface area contributed by atoms with Crippen LogP contribution in [0.15, 0.2) is 59.3 Å². The van der Waals surface area contributed by atoms with E-state index in [9.17, 15) is 14.9 Å². The minimum Gasteiger partial charge on any atom is -0.334 e. The third-order valence-electron chi connectivity index (χ3n) is 4.45. The number of rotatable bonds is 9. The summed E-state index contributed by atoms with van der Waals surface area (Å²) in [5, 5.41) is 14.7. The Hall–Kier alpha value is -3.53. The van der Waals surface area contributed by atoms with E-state index in [4.69, 9.17) is 0 Å². The van der Waals surface area contributed by atoms with Gasteiger partial charge in [-0.05, 0) is 58.6 Å². The molecule has 0 bridgehead atoms. The molecule has 0 spiro atoms. The maximum Gasteiger partial charge on any atom is 0.355 e. The highest BCUT2D eigenvalue weighted by Crippen LogP contribution is 2.31. The zero-order valence-electron chi connectivity index (χ0n) is 16.8. The molecule has 10 heteroatoms. The lowest BCUT2D eigenvalue weighted by atomic mass is 10.1. The number of hydrogen-bond acceptors (Lipinski definition) is 7. The van der Waals surface area contributed by atoms with Crippen molar-refractivity contribution in [3.63, 3.8) is 0 Å². The van der Waals surface area contributed by atoms with Gasteiger partial charge >= 0.3 is 5.69 Å². The van der Waals surface area contributed by atoms with Gasteiger partial charge in [0.15, 0.2) is 0 Å². The number of hydrazine groups is 1. The van der Waals surface area contributed by atoms with Crippen molar-refractivity contribution in [1.29, 1.82) is 0 Å². The first-order chi connectivity index (χ1) is 15.0. The first-order valence-electron chi connectivity index (χ1n) is 9.65. The highest BCUT2D eigenvalue weighted by Gasteiger charge is 2.24. The molecule has 0 atom stereocenters. The zero-order valence-corrected chi connectivity index (χ0v) is 18.3. The number of benzene rings is 2. The summed E-state index contributed by atoms with van der Waals surface area (Å²) in [5.74, 6) is -0.598. The number of hydrogen-bond donors (Lipinski definition) is 3. The summed E-state index contributed by atoms with van der Waals surface area (Å²) in [4.78, 5) is 31.4. The molecule has 9 nitrogen and oxygen atoms in total. The summed E-state index contributed by atoms with van der Waals surface area (Å²) < 4.78 is 0.594. The Balaban J connectivity index is 1.77. The van der Waals surface area contributed by atoms with Crippen LogP contribution in [0.3, 0.4) is 0 Å². The van der Waals surface area contributed by atoms with Crippen molar-refractivity contribution in [3.8, 4) is 0 Å². The Morgan fingerprint density at radius 3 is 2.48 bits per heavy atom. The largest absolute Gasteiger partial charge is 0.355 e. The van der Waals surface area contributed by atoms with E-state index in [1.807, 2.05) is 24.3 Å². The second kappa shape index (κ2) is 10.5. The molecule has 3 rings (SSSR count). The maximum absolute atomic E-state index is 12.4. The molecule has 160 valence electrons. The Kier molecular flexibility index (Phi) is 7.50. The summed E-state index contributed by atoms with van der Waals surface area (Å²) >= 11 is 3.30. The van der Waals surface area contributed by atoms with E-state index in [-0.39, 0.29) is 17.3 Å². The number of anilines is 3. The number of aromatic nitrogens is 2. The first-order valence-corrected chi connectivity index (χ1v) is 10.4. The van der Waals surface area contributed by atoms with Gasteiger partial charge in [-0.1, -0.05) is 37.6 Å². The average molecular weight is 485 g/mol. The van der Waals surface area contributed by atoms with Gasteiger partial charge in [0.25, 0.3) is 5.91 Å². The number of halogens is 1. The fourth-order valence-electron chi connectivity index (χ4n) is 2.84. The highest BCUT2D eigenvalue weighted by atomic mass is 79.9. The van der Waals surface area contributed by atoms with E-state index in [0.717, 1.165) is 19.3 Å². The molecule has 0 saturated heterocycles. The van der Waals surface area contributed by atoms with Crippen LogP contribution in [0.1, 0.15) is 35.7 Å². The minimum absolute atomic E-state index is 0.0129. The summed E-state index contributed by atoms with van der Waals surface area (Å²) in [6.45, 7) is 2.14. The van der Waals surface area contributed by atoms with Crippen molar-refractivity contribution < 1.29 is 9.72 Å². The third-order valence-corrected chi connectivity index (χ3v) is 5.14. The van der Waals surface area contributed by atoms with Crippen molar-refractivity contribution in [2.75, 3.05) is 10.7 Å². The molecule has 31 heavy (non-hydrogen) atoms. The van der Waals surface area contributed by atoms with Crippen molar-refractivity contribution in [3.05, 3.63) is 80.6 Å². The number of carbonyl (C=O) groups excluding carboxylic acids is 1. The number of unbranched alkanes of at least 4 members (excludes halogenated alkanes) is 1. The predicted octanol–water partition coefficient (Wildman–Crippen LogP) is 4.99. The fourth-order valence-corrected chi connectivity index (χ4v) is 3.30. The standard InChI is InChI=1S/C21H21BrN6O3/c1-2-3-6-14-9-11-15(12-10-14)25-19-18(28(30)31)20(24-13-23-19)26-27-21(29)16-7-4-5-8-17(16)22/h4-5,7-13H,2-3,6H2,1H3,(H,27,29)(H2,23,24,25,26). The van der Waals surface area contributed by atoms with Crippen LogP contribution in [0.5, 0.6) is 0 Å². The molecule has 0 radical (unpaired) electrons. The van der Waals surface area contributed by atoms with Gasteiger partial charge in [-0.15, -0.1) is 0 Å². The number of nitro groups is 1. The molecular weight excluding hydrogens is 464 g/mol. The number of nitrogens with zero attached hydrogens (tertiary/aromatic N) is 3. The van der Waals surface area contributed by atoms with E-state index in [1.165, 1.54) is 11.9 Å². The minimum atomic E-state index is -0.606. The van der Waals surface area contributed by atoms with E-state index in [1.54, 1.807) is 24.3 Å². The lowest BCUT2D eigenvalue weighted by Gasteiger charge is -2.11. The molecule has 0 fully saturated rings. The van der Waals surface area contributed by atoms with Crippen LogP contribution in [-0.2, 0) is 6.42 Å². The van der Waals surface area contributed by atoms with Gasteiger partial charge < -0.3 is 5.32 Å². The third kappa shape index (κ3) is 5.76. The molecule has 2 aromatic carbocycles. The quantitative estimate of drug-likeness (QED) is 0.288. The first kappa shape index (κ1) is 22.2. The van der Waals surface area contributed by atoms with Gasteiger partial charge in [0.2, 0.25) is 11.6 Å². The van der Waals surface area contributed by atoms with Gasteiger partial charge in [-0.3, -0.25) is 25.8 Å². The monoisotopic (exact) mass is 484 g/mol. The van der Waals surface area contributed by atoms with Crippen LogP contribution in [0, 0.1) is 10.1 Å². The number of nitrogens with one attached hydrogen (secondary N) is 3. The van der Waals surface area contributed by atoms with Gasteiger partial charge in [0.05, 0.1) is 10.5 Å². The van der Waals surface area contributed by atoms with E-state index in [2.05, 4.69) is 49.0 Å². The molecule has 0 aliphatic carbocycles. The number of amides is 1. The van der Waals surface area contributed by atoms with Gasteiger partial charge in [0.1, 0.15) is 6.33 Å². The summed E-state index contributed by atoms with van der Waals surface area (Å²) in [6, 6.07) is 14.5. The van der Waals surface area contributed by atoms with Crippen LogP contribution in [0.2, 0.25) is 0 Å². The van der Waals surface area contributed by atoms with Gasteiger partial charge in [-0.25, -0.2) is 9.97 Å². The van der Waals surface area contributed by atoms with Crippen LogP contribution >= 0.6 is 15.9 Å².